The van der Waals surface area contributed by atoms with Crippen LogP contribution in [0.5, 0.6) is 5.75 Å². The molecule has 0 unspecified atom stereocenters. The molecule has 0 saturated carbocycles. The minimum Gasteiger partial charge on any atom is -0.481 e. The van der Waals surface area contributed by atoms with Gasteiger partial charge in [-0.2, -0.15) is 0 Å². The van der Waals surface area contributed by atoms with E-state index < -0.39 is 6.10 Å². The maximum atomic E-state index is 12.2. The van der Waals surface area contributed by atoms with Gasteiger partial charge in [0.05, 0.1) is 0 Å². The Bertz CT molecular complexity index is 578. The van der Waals surface area contributed by atoms with Crippen molar-refractivity contribution in [1.29, 1.82) is 0 Å². The van der Waals surface area contributed by atoms with Crippen LogP contribution >= 0.6 is 0 Å². The lowest BCUT2D eigenvalue weighted by molar-refractivity contribution is -0.128. The average molecular weight is 297 g/mol. The molecule has 0 radical (unpaired) electrons. The van der Waals surface area contributed by atoms with Crippen LogP contribution in [0.3, 0.4) is 0 Å². The summed E-state index contributed by atoms with van der Waals surface area (Å²) in [6.45, 7) is 4.60. The molecule has 0 heterocycles. The third-order valence-electron chi connectivity index (χ3n) is 3.52. The number of carbonyl (C=O) groups is 1. The average Bonchev–Trinajstić information content (AvgIpc) is 2.55. The molecular formula is C19H23NO2. The first-order valence-electron chi connectivity index (χ1n) is 7.74. The lowest BCUT2D eigenvalue weighted by atomic mass is 10.1. The maximum Gasteiger partial charge on any atom is 0.261 e. The topological polar surface area (TPSA) is 38.3 Å². The highest BCUT2D eigenvalue weighted by Gasteiger charge is 2.17. The third kappa shape index (κ3) is 4.92. The Morgan fingerprint density at radius 2 is 1.77 bits per heavy atom. The van der Waals surface area contributed by atoms with Crippen molar-refractivity contribution in [3.05, 3.63) is 65.7 Å². The normalized spacial score (nSPS) is 11.7. The molecule has 0 spiro atoms. The highest BCUT2D eigenvalue weighted by molar-refractivity contribution is 5.81. The van der Waals surface area contributed by atoms with Crippen molar-refractivity contribution in [3.8, 4) is 5.75 Å². The lowest BCUT2D eigenvalue weighted by Crippen LogP contribution is -2.38. The van der Waals surface area contributed by atoms with Crippen molar-refractivity contribution in [3.63, 3.8) is 0 Å². The smallest absolute Gasteiger partial charge is 0.261 e. The van der Waals surface area contributed by atoms with Crippen molar-refractivity contribution in [2.75, 3.05) is 6.54 Å². The van der Waals surface area contributed by atoms with Gasteiger partial charge in [0.2, 0.25) is 0 Å². The van der Waals surface area contributed by atoms with Crippen LogP contribution in [0.4, 0.5) is 0 Å². The highest BCUT2D eigenvalue weighted by Crippen LogP contribution is 2.14. The van der Waals surface area contributed by atoms with E-state index in [2.05, 4.69) is 17.4 Å². The summed E-state index contributed by atoms with van der Waals surface area (Å²) in [5.41, 5.74) is 2.39. The molecule has 3 heteroatoms. The summed E-state index contributed by atoms with van der Waals surface area (Å²) >= 11 is 0. The van der Waals surface area contributed by atoms with Crippen LogP contribution < -0.4 is 10.1 Å². The zero-order chi connectivity index (χ0) is 15.8. The largest absolute Gasteiger partial charge is 0.481 e. The Kier molecular flexibility index (Phi) is 6.01. The van der Waals surface area contributed by atoms with Crippen molar-refractivity contribution in [2.45, 2.75) is 32.8 Å². The van der Waals surface area contributed by atoms with Gasteiger partial charge >= 0.3 is 0 Å². The van der Waals surface area contributed by atoms with Gasteiger partial charge in [-0.15, -0.1) is 0 Å². The van der Waals surface area contributed by atoms with Gasteiger partial charge in [-0.3, -0.25) is 4.79 Å². The molecule has 2 rings (SSSR count). The molecule has 2 aromatic rings. The minimum atomic E-state index is -0.446. The zero-order valence-corrected chi connectivity index (χ0v) is 13.2. The van der Waals surface area contributed by atoms with Crippen LogP contribution in [0.1, 0.15) is 24.5 Å². The number of amides is 1. The van der Waals surface area contributed by atoms with E-state index in [-0.39, 0.29) is 5.91 Å². The SMILES string of the molecule is CC[C@@H](Oc1ccc(C)cc1)C(=O)NCCc1ccccc1. The van der Waals surface area contributed by atoms with E-state index in [4.69, 9.17) is 4.74 Å². The Hall–Kier alpha value is -2.29. The molecule has 2 aromatic carbocycles. The molecule has 0 saturated heterocycles. The predicted octanol–water partition coefficient (Wildman–Crippen LogP) is 3.51. The molecule has 0 aliphatic rings. The summed E-state index contributed by atoms with van der Waals surface area (Å²) in [5.74, 6) is 0.676. The van der Waals surface area contributed by atoms with Gasteiger partial charge in [0, 0.05) is 6.54 Å². The summed E-state index contributed by atoms with van der Waals surface area (Å²) in [5, 5.41) is 2.95. The number of hydrogen-bond acceptors (Lipinski definition) is 2. The quantitative estimate of drug-likeness (QED) is 0.849. The van der Waals surface area contributed by atoms with E-state index in [0.29, 0.717) is 13.0 Å². The molecule has 0 fully saturated rings. The molecule has 1 atom stereocenters. The second-order valence-electron chi connectivity index (χ2n) is 5.35. The molecule has 1 N–H and O–H groups in total. The van der Waals surface area contributed by atoms with E-state index in [1.807, 2.05) is 56.3 Å². The number of ether oxygens (including phenoxy) is 1. The summed E-state index contributed by atoms with van der Waals surface area (Å²) in [7, 11) is 0. The first-order chi connectivity index (χ1) is 10.7. The Morgan fingerprint density at radius 3 is 2.41 bits per heavy atom. The van der Waals surface area contributed by atoms with E-state index >= 15 is 0 Å². The van der Waals surface area contributed by atoms with Crippen molar-refractivity contribution >= 4 is 5.91 Å². The van der Waals surface area contributed by atoms with E-state index in [1.165, 1.54) is 11.1 Å². The standard InChI is InChI=1S/C19H23NO2/c1-3-18(22-17-11-9-15(2)10-12-17)19(21)20-14-13-16-7-5-4-6-8-16/h4-12,18H,3,13-14H2,1-2H3,(H,20,21)/t18-/m1/s1. The van der Waals surface area contributed by atoms with Gasteiger partial charge in [0.25, 0.3) is 5.91 Å². The number of benzene rings is 2. The molecule has 0 bridgehead atoms. The number of aryl methyl sites for hydroxylation is 1. The fraction of sp³-hybridized carbons (Fsp3) is 0.316. The first kappa shape index (κ1) is 16.1. The van der Waals surface area contributed by atoms with Gasteiger partial charge in [-0.05, 0) is 37.5 Å². The van der Waals surface area contributed by atoms with Crippen LogP contribution in [0, 0.1) is 6.92 Å². The lowest BCUT2D eigenvalue weighted by Gasteiger charge is -2.17. The first-order valence-corrected chi connectivity index (χ1v) is 7.74. The summed E-state index contributed by atoms with van der Waals surface area (Å²) in [4.78, 5) is 12.2. The van der Waals surface area contributed by atoms with Gasteiger partial charge in [-0.1, -0.05) is 55.0 Å². The minimum absolute atomic E-state index is 0.0565. The van der Waals surface area contributed by atoms with Crippen molar-refractivity contribution in [2.24, 2.45) is 0 Å². The number of rotatable bonds is 7. The molecule has 3 nitrogen and oxygen atoms in total. The molecule has 22 heavy (non-hydrogen) atoms. The summed E-state index contributed by atoms with van der Waals surface area (Å²) < 4.78 is 5.77. The Labute approximate surface area is 132 Å². The van der Waals surface area contributed by atoms with Crippen LogP contribution in [-0.2, 0) is 11.2 Å². The highest BCUT2D eigenvalue weighted by atomic mass is 16.5. The second kappa shape index (κ2) is 8.23. The monoisotopic (exact) mass is 297 g/mol. The Balaban J connectivity index is 1.82. The molecule has 0 aliphatic heterocycles. The van der Waals surface area contributed by atoms with Crippen LogP contribution in [0.15, 0.2) is 54.6 Å². The Morgan fingerprint density at radius 1 is 1.09 bits per heavy atom. The summed E-state index contributed by atoms with van der Waals surface area (Å²) in [6.07, 6.45) is 1.02. The molecule has 1 amide bonds. The number of nitrogens with one attached hydrogen (secondary N) is 1. The van der Waals surface area contributed by atoms with Crippen LogP contribution in [0.25, 0.3) is 0 Å². The molecular weight excluding hydrogens is 274 g/mol. The fourth-order valence-electron chi connectivity index (χ4n) is 2.19. The maximum absolute atomic E-state index is 12.2. The van der Waals surface area contributed by atoms with Crippen LogP contribution in [-0.4, -0.2) is 18.6 Å². The fourth-order valence-corrected chi connectivity index (χ4v) is 2.19. The van der Waals surface area contributed by atoms with Gasteiger partial charge < -0.3 is 10.1 Å². The van der Waals surface area contributed by atoms with E-state index in [9.17, 15) is 4.79 Å². The molecule has 0 aliphatic carbocycles. The zero-order valence-electron chi connectivity index (χ0n) is 13.2. The van der Waals surface area contributed by atoms with Gasteiger partial charge in [0.15, 0.2) is 6.10 Å². The van der Waals surface area contributed by atoms with E-state index in [1.54, 1.807) is 0 Å². The van der Waals surface area contributed by atoms with Crippen molar-refractivity contribution < 1.29 is 9.53 Å². The van der Waals surface area contributed by atoms with E-state index in [0.717, 1.165) is 12.2 Å². The molecule has 0 aromatic heterocycles. The third-order valence-corrected chi connectivity index (χ3v) is 3.52. The van der Waals surface area contributed by atoms with Gasteiger partial charge in [0.1, 0.15) is 5.75 Å². The number of hydrogen-bond donors (Lipinski definition) is 1. The number of carbonyl (C=O) groups excluding carboxylic acids is 1. The van der Waals surface area contributed by atoms with Crippen LogP contribution in [0.2, 0.25) is 0 Å². The summed E-state index contributed by atoms with van der Waals surface area (Å²) in [6, 6.07) is 17.9. The second-order valence-corrected chi connectivity index (χ2v) is 5.35. The van der Waals surface area contributed by atoms with Gasteiger partial charge in [-0.25, -0.2) is 0 Å². The molecule has 116 valence electrons. The van der Waals surface area contributed by atoms with Crippen molar-refractivity contribution in [1.82, 2.24) is 5.32 Å². The predicted molar refractivity (Wildman–Crippen MR) is 89.0 cm³/mol.